The fourth-order valence-electron chi connectivity index (χ4n) is 1.68. The predicted octanol–water partition coefficient (Wildman–Crippen LogP) is 2.35. The lowest BCUT2D eigenvalue weighted by Crippen LogP contribution is -2.02. The number of anilines is 1. The number of hydrogen-bond donors (Lipinski definition) is 1. The topological polar surface area (TPSA) is 39.1 Å². The maximum Gasteiger partial charge on any atom is 0.148 e. The average Bonchev–Trinajstić information content (AvgIpc) is 2.66. The van der Waals surface area contributed by atoms with E-state index in [1.54, 1.807) is 7.11 Å². The van der Waals surface area contributed by atoms with E-state index >= 15 is 0 Å². The van der Waals surface area contributed by atoms with Crippen LogP contribution in [0.2, 0.25) is 0 Å². The molecule has 17 heavy (non-hydrogen) atoms. The molecular weight excluding hydrogens is 214 g/mol. The molecular formula is C13H17N3O. The highest BCUT2D eigenvalue weighted by Crippen LogP contribution is 2.18. The van der Waals surface area contributed by atoms with Crippen molar-refractivity contribution in [1.82, 2.24) is 9.78 Å². The van der Waals surface area contributed by atoms with E-state index in [0.717, 1.165) is 22.8 Å². The Morgan fingerprint density at radius 1 is 1.35 bits per heavy atom. The molecule has 1 N–H and O–H groups in total. The van der Waals surface area contributed by atoms with Gasteiger partial charge in [0.15, 0.2) is 0 Å². The van der Waals surface area contributed by atoms with Gasteiger partial charge < -0.3 is 10.1 Å². The van der Waals surface area contributed by atoms with E-state index in [2.05, 4.69) is 10.4 Å². The number of aromatic nitrogens is 2. The Kier molecular flexibility index (Phi) is 3.32. The number of para-hydroxylation sites is 1. The van der Waals surface area contributed by atoms with Crippen molar-refractivity contribution in [3.63, 3.8) is 0 Å². The number of benzene rings is 1. The van der Waals surface area contributed by atoms with Gasteiger partial charge >= 0.3 is 0 Å². The summed E-state index contributed by atoms with van der Waals surface area (Å²) in [5.74, 6) is 1.78. The number of nitrogens with one attached hydrogen (secondary N) is 1. The fourth-order valence-corrected chi connectivity index (χ4v) is 1.68. The van der Waals surface area contributed by atoms with Crippen molar-refractivity contribution >= 4 is 5.82 Å². The first-order valence-electron chi connectivity index (χ1n) is 5.57. The lowest BCUT2D eigenvalue weighted by atomic mass is 10.2. The van der Waals surface area contributed by atoms with Crippen LogP contribution in [0.1, 0.15) is 11.3 Å². The van der Waals surface area contributed by atoms with Crippen molar-refractivity contribution in [3.05, 3.63) is 41.6 Å². The van der Waals surface area contributed by atoms with Crippen molar-refractivity contribution in [1.29, 1.82) is 0 Å². The van der Waals surface area contributed by atoms with Crippen molar-refractivity contribution < 1.29 is 4.74 Å². The van der Waals surface area contributed by atoms with Crippen molar-refractivity contribution in [2.24, 2.45) is 7.05 Å². The number of rotatable bonds is 4. The molecule has 0 unspecified atom stereocenters. The lowest BCUT2D eigenvalue weighted by Gasteiger charge is -2.08. The lowest BCUT2D eigenvalue weighted by molar-refractivity contribution is 0.410. The number of nitrogens with zero attached hydrogens (tertiary/aromatic N) is 2. The molecule has 0 amide bonds. The van der Waals surface area contributed by atoms with Gasteiger partial charge in [-0.25, -0.2) is 0 Å². The highest BCUT2D eigenvalue weighted by Gasteiger charge is 2.03. The molecule has 2 aromatic rings. The third kappa shape index (κ3) is 2.58. The van der Waals surface area contributed by atoms with Crippen molar-refractivity contribution in [2.45, 2.75) is 13.5 Å². The minimum atomic E-state index is 0.709. The largest absolute Gasteiger partial charge is 0.496 e. The molecule has 4 nitrogen and oxygen atoms in total. The van der Waals surface area contributed by atoms with Crippen LogP contribution < -0.4 is 10.1 Å². The van der Waals surface area contributed by atoms with E-state index < -0.39 is 0 Å². The summed E-state index contributed by atoms with van der Waals surface area (Å²) in [6, 6.07) is 9.99. The number of hydrogen-bond acceptors (Lipinski definition) is 3. The molecule has 4 heteroatoms. The zero-order chi connectivity index (χ0) is 12.3. The van der Waals surface area contributed by atoms with E-state index in [9.17, 15) is 0 Å². The summed E-state index contributed by atoms with van der Waals surface area (Å²) in [5.41, 5.74) is 2.26. The van der Waals surface area contributed by atoms with Gasteiger partial charge in [0.05, 0.1) is 7.11 Å². The first kappa shape index (κ1) is 11.5. The maximum absolute atomic E-state index is 5.30. The van der Waals surface area contributed by atoms with Crippen LogP contribution in [-0.2, 0) is 13.6 Å². The normalized spacial score (nSPS) is 10.3. The van der Waals surface area contributed by atoms with Crippen LogP contribution in [0.3, 0.4) is 0 Å². The molecule has 0 aliphatic carbocycles. The standard InChI is InChI=1S/C13H17N3O/c1-10-8-13(15-16(10)2)14-9-11-6-4-5-7-12(11)17-3/h4-8H,9H2,1-3H3,(H,14,15). The summed E-state index contributed by atoms with van der Waals surface area (Å²) in [6.07, 6.45) is 0. The maximum atomic E-state index is 5.30. The summed E-state index contributed by atoms with van der Waals surface area (Å²) in [5, 5.41) is 7.63. The third-order valence-corrected chi connectivity index (χ3v) is 2.77. The second kappa shape index (κ2) is 4.91. The van der Waals surface area contributed by atoms with Crippen LogP contribution in [0, 0.1) is 6.92 Å². The molecule has 0 radical (unpaired) electrons. The SMILES string of the molecule is COc1ccccc1CNc1cc(C)n(C)n1. The van der Waals surface area contributed by atoms with Gasteiger partial charge in [0.2, 0.25) is 0 Å². The predicted molar refractivity (Wildman–Crippen MR) is 68.3 cm³/mol. The molecule has 1 heterocycles. The Balaban J connectivity index is 2.07. The van der Waals surface area contributed by atoms with Gasteiger partial charge in [-0.2, -0.15) is 5.10 Å². The molecule has 0 saturated carbocycles. The molecule has 90 valence electrons. The molecule has 0 aliphatic heterocycles. The number of methoxy groups -OCH3 is 1. The summed E-state index contributed by atoms with van der Waals surface area (Å²) in [4.78, 5) is 0. The molecule has 0 saturated heterocycles. The summed E-state index contributed by atoms with van der Waals surface area (Å²) >= 11 is 0. The molecule has 0 bridgehead atoms. The van der Waals surface area contributed by atoms with Gasteiger partial charge in [-0.1, -0.05) is 18.2 Å². The van der Waals surface area contributed by atoms with Crippen molar-refractivity contribution in [2.75, 3.05) is 12.4 Å². The van der Waals surface area contributed by atoms with Crippen LogP contribution >= 0.6 is 0 Å². The van der Waals surface area contributed by atoms with Crippen LogP contribution in [-0.4, -0.2) is 16.9 Å². The van der Waals surface area contributed by atoms with Crippen LogP contribution in [0.4, 0.5) is 5.82 Å². The Bertz CT molecular complexity index is 486. The number of ether oxygens (including phenoxy) is 1. The highest BCUT2D eigenvalue weighted by molar-refractivity contribution is 5.40. The Morgan fingerprint density at radius 3 is 2.76 bits per heavy atom. The van der Waals surface area contributed by atoms with Gasteiger partial charge in [0.1, 0.15) is 11.6 Å². The zero-order valence-corrected chi connectivity index (χ0v) is 10.4. The van der Waals surface area contributed by atoms with E-state index in [1.807, 2.05) is 49.0 Å². The summed E-state index contributed by atoms with van der Waals surface area (Å²) in [7, 11) is 3.62. The molecule has 0 fully saturated rings. The van der Waals surface area contributed by atoms with Gasteiger partial charge in [-0.15, -0.1) is 0 Å². The highest BCUT2D eigenvalue weighted by atomic mass is 16.5. The summed E-state index contributed by atoms with van der Waals surface area (Å²) < 4.78 is 7.15. The Labute approximate surface area is 101 Å². The average molecular weight is 231 g/mol. The van der Waals surface area contributed by atoms with E-state index in [-0.39, 0.29) is 0 Å². The quantitative estimate of drug-likeness (QED) is 0.878. The van der Waals surface area contributed by atoms with Crippen LogP contribution in [0.5, 0.6) is 5.75 Å². The molecule has 0 spiro atoms. The second-order valence-corrected chi connectivity index (χ2v) is 3.96. The minimum absolute atomic E-state index is 0.709. The molecule has 2 rings (SSSR count). The first-order chi connectivity index (χ1) is 8.20. The third-order valence-electron chi connectivity index (χ3n) is 2.77. The van der Waals surface area contributed by atoms with E-state index in [4.69, 9.17) is 4.74 Å². The van der Waals surface area contributed by atoms with Gasteiger partial charge in [0.25, 0.3) is 0 Å². The van der Waals surface area contributed by atoms with Gasteiger partial charge in [-0.3, -0.25) is 4.68 Å². The van der Waals surface area contributed by atoms with Gasteiger partial charge in [0, 0.05) is 30.9 Å². The number of aryl methyl sites for hydroxylation is 2. The smallest absolute Gasteiger partial charge is 0.148 e. The molecule has 1 aromatic heterocycles. The van der Waals surface area contributed by atoms with Crippen LogP contribution in [0.15, 0.2) is 30.3 Å². The Morgan fingerprint density at radius 2 is 2.12 bits per heavy atom. The zero-order valence-electron chi connectivity index (χ0n) is 10.4. The van der Waals surface area contributed by atoms with Gasteiger partial charge in [-0.05, 0) is 13.0 Å². The minimum Gasteiger partial charge on any atom is -0.496 e. The second-order valence-electron chi connectivity index (χ2n) is 3.96. The molecule has 1 aromatic carbocycles. The van der Waals surface area contributed by atoms with Crippen molar-refractivity contribution in [3.8, 4) is 5.75 Å². The molecule has 0 aliphatic rings. The van der Waals surface area contributed by atoms with E-state index in [0.29, 0.717) is 6.54 Å². The first-order valence-corrected chi connectivity index (χ1v) is 5.57. The summed E-state index contributed by atoms with van der Waals surface area (Å²) in [6.45, 7) is 2.74. The Hall–Kier alpha value is -1.97. The molecule has 0 atom stereocenters. The van der Waals surface area contributed by atoms with E-state index in [1.165, 1.54) is 0 Å². The fraction of sp³-hybridized carbons (Fsp3) is 0.308. The van der Waals surface area contributed by atoms with Crippen LogP contribution in [0.25, 0.3) is 0 Å². The monoisotopic (exact) mass is 231 g/mol.